The molecule has 4 bridgehead atoms. The Kier molecular flexibility index (Phi) is 20.1. The van der Waals surface area contributed by atoms with Crippen LogP contribution in [0, 0.1) is 28.6 Å². The van der Waals surface area contributed by atoms with Crippen molar-refractivity contribution in [2.45, 2.75) is 142 Å². The van der Waals surface area contributed by atoms with E-state index in [-0.39, 0.29) is 71.1 Å². The summed E-state index contributed by atoms with van der Waals surface area (Å²) in [6.45, 7) is 1.91. The van der Waals surface area contributed by atoms with Crippen molar-refractivity contribution in [3.8, 4) is 11.5 Å². The fourth-order valence-electron chi connectivity index (χ4n) is 12.2. The SMILES string of the molecule is CC12CC3CC(C1)CC(C(=O)OC(C(F)(F)F)C(F)(F)S(=O)(=O)[O-])(C3)C2.O=C(OC(C(F)(F)F)C(F)(F)S(=O)(=O)[O-])C1CCCCC1.c1ccc([S+](c2ccccc2)c2ccccc2)cc1.c1ccc([S+]2c3ccccc3Oc3ccccc32)cc1. The van der Waals surface area contributed by atoms with Crippen LogP contribution in [-0.4, -0.2) is 72.9 Å². The molecule has 0 N–H and O–H groups in total. The number of rotatable bonds is 12. The maximum Gasteiger partial charge on any atom is 0.432 e. The fourth-order valence-corrected chi connectivity index (χ4v) is 17.4. The summed E-state index contributed by atoms with van der Waals surface area (Å²) in [6, 6.07) is 59.5. The average molecular weight is 1290 g/mol. The van der Waals surface area contributed by atoms with Gasteiger partial charge in [0.1, 0.15) is 10.9 Å². The van der Waals surface area contributed by atoms with E-state index in [0.717, 1.165) is 37.2 Å². The van der Waals surface area contributed by atoms with Crippen LogP contribution in [-0.2, 0) is 61.1 Å². The highest BCUT2D eigenvalue weighted by Crippen LogP contribution is 2.66. The normalized spacial score (nSPS) is 21.9. The van der Waals surface area contributed by atoms with Crippen molar-refractivity contribution < 1.29 is 93.6 Å². The van der Waals surface area contributed by atoms with Gasteiger partial charge in [-0.2, -0.15) is 43.9 Å². The first-order valence-corrected chi connectivity index (χ1v) is 32.4. The molecular formula is C61H58F10O11S4. The number of alkyl halides is 10. The first-order chi connectivity index (χ1) is 40.3. The van der Waals surface area contributed by atoms with Crippen molar-refractivity contribution in [3.63, 3.8) is 0 Å². The zero-order chi connectivity index (χ0) is 62.5. The van der Waals surface area contributed by atoms with E-state index < -0.39 is 78.6 Å². The van der Waals surface area contributed by atoms with Gasteiger partial charge in [-0.3, -0.25) is 9.59 Å². The Hall–Kier alpha value is -6.12. The molecule has 0 saturated heterocycles. The van der Waals surface area contributed by atoms with Crippen LogP contribution >= 0.6 is 0 Å². The van der Waals surface area contributed by atoms with Gasteiger partial charge in [-0.15, -0.1) is 0 Å². The second kappa shape index (κ2) is 26.3. The summed E-state index contributed by atoms with van der Waals surface area (Å²) in [7, 11) is -13.4. The Bertz CT molecular complexity index is 3350. The summed E-state index contributed by atoms with van der Waals surface area (Å²) in [4.78, 5) is 31.9. The van der Waals surface area contributed by atoms with Crippen molar-refractivity contribution in [3.05, 3.63) is 170 Å². The molecule has 4 unspecified atom stereocenters. The average Bonchev–Trinajstić information content (AvgIpc) is 0.776. The third kappa shape index (κ3) is 15.2. The monoisotopic (exact) mass is 1280 g/mol. The number of carbonyl (C=O) groups excluding carboxylic acids is 2. The third-order valence-corrected chi connectivity index (χ3v) is 21.6. The summed E-state index contributed by atoms with van der Waals surface area (Å²) >= 11 is 0. The zero-order valence-electron chi connectivity index (χ0n) is 45.7. The van der Waals surface area contributed by atoms with E-state index in [2.05, 4.69) is 155 Å². The molecule has 0 spiro atoms. The number of hydrogen-bond donors (Lipinski definition) is 0. The van der Waals surface area contributed by atoms with Crippen molar-refractivity contribution in [1.29, 1.82) is 0 Å². The van der Waals surface area contributed by atoms with Gasteiger partial charge < -0.3 is 23.3 Å². The van der Waals surface area contributed by atoms with E-state index >= 15 is 0 Å². The molecule has 462 valence electrons. The molecule has 6 aromatic rings. The highest BCUT2D eigenvalue weighted by atomic mass is 32.2. The van der Waals surface area contributed by atoms with E-state index in [1.54, 1.807) is 0 Å². The highest BCUT2D eigenvalue weighted by Gasteiger charge is 2.67. The minimum Gasteiger partial charge on any atom is -0.743 e. The molecular weight excluding hydrogens is 1230 g/mol. The van der Waals surface area contributed by atoms with E-state index in [4.69, 9.17) is 4.74 Å². The minimum atomic E-state index is -6.68. The Morgan fingerprint density at radius 1 is 0.547 bits per heavy atom. The van der Waals surface area contributed by atoms with Crippen LogP contribution in [0.2, 0.25) is 0 Å². The molecule has 4 atom stereocenters. The first-order valence-electron chi connectivity index (χ1n) is 27.1. The number of esters is 2. The fraction of sp³-hybridized carbons (Fsp3) is 0.377. The summed E-state index contributed by atoms with van der Waals surface area (Å²) in [5.41, 5.74) is -1.60. The van der Waals surface area contributed by atoms with Crippen LogP contribution < -0.4 is 4.74 Å². The van der Waals surface area contributed by atoms with Gasteiger partial charge in [-0.05, 0) is 141 Å². The molecule has 0 aromatic heterocycles. The third-order valence-electron chi connectivity index (χ3n) is 15.3. The largest absolute Gasteiger partial charge is 0.743 e. The molecule has 25 heteroatoms. The second-order valence-electron chi connectivity index (χ2n) is 22.0. The lowest BCUT2D eigenvalue weighted by molar-refractivity contribution is -0.267. The van der Waals surface area contributed by atoms with Gasteiger partial charge in [0.25, 0.3) is 12.2 Å². The predicted octanol–water partition coefficient (Wildman–Crippen LogP) is 15.1. The molecule has 1 aliphatic heterocycles. The molecule has 86 heavy (non-hydrogen) atoms. The van der Waals surface area contributed by atoms with E-state index in [1.807, 2.05) is 31.2 Å². The highest BCUT2D eigenvalue weighted by molar-refractivity contribution is 7.97. The quantitative estimate of drug-likeness (QED) is 0.0492. The molecule has 0 radical (unpaired) electrons. The van der Waals surface area contributed by atoms with Crippen LogP contribution in [0.5, 0.6) is 11.5 Å². The number of fused-ring (bicyclic) bond motifs is 2. The molecule has 12 rings (SSSR count). The van der Waals surface area contributed by atoms with Crippen LogP contribution in [0.3, 0.4) is 0 Å². The topological polar surface area (TPSA) is 176 Å². The number of para-hydroxylation sites is 2. The van der Waals surface area contributed by atoms with Crippen molar-refractivity contribution >= 4 is 54.0 Å². The van der Waals surface area contributed by atoms with Gasteiger partial charge in [0.2, 0.25) is 9.79 Å². The molecule has 11 nitrogen and oxygen atoms in total. The molecule has 0 amide bonds. The summed E-state index contributed by atoms with van der Waals surface area (Å²) < 4.78 is 206. The van der Waals surface area contributed by atoms with Gasteiger partial charge in [-0.1, -0.05) is 123 Å². The van der Waals surface area contributed by atoms with E-state index in [9.17, 15) is 79.4 Å². The summed E-state index contributed by atoms with van der Waals surface area (Å²) in [6.07, 6.45) is -15.1. The van der Waals surface area contributed by atoms with Gasteiger partial charge >= 0.3 is 34.8 Å². The Labute approximate surface area is 497 Å². The number of halogens is 10. The number of benzene rings is 6. The minimum absolute atomic E-state index is 0.0146. The predicted molar refractivity (Wildman–Crippen MR) is 296 cm³/mol. The zero-order valence-corrected chi connectivity index (χ0v) is 49.0. The van der Waals surface area contributed by atoms with Gasteiger partial charge in [0.05, 0.1) is 22.2 Å². The molecule has 1 heterocycles. The first kappa shape index (κ1) is 65.8. The smallest absolute Gasteiger partial charge is 0.432 e. The van der Waals surface area contributed by atoms with E-state index in [1.165, 1.54) is 29.4 Å². The standard InChI is InChI=1S/C18H13OS.C18H15S.C15H19F5O5S.C10H13F5O5S/c1-2-8-14(9-3-1)20-17-12-6-4-10-15(17)19-16-11-5-7-13-18(16)20;1-4-10-16(11-5-1)19(17-12-6-2-7-13-17)18-14-8-3-9-15-18;1-12-3-8-2-9(4-12)6-13(5-8,7-12)11(21)25-10(14(16,17)18)15(19,20)26(22,23)24;11-9(12,13)8(10(14,15)21(17,18)19)20-7(16)6-4-2-1-3-5-6/h1-13H;1-15H;8-10H,2-7H2,1H3,(H,22,23,24);6,8H,1-5H2,(H,17,18,19)/q2*+1;;/p-2. The molecule has 5 aliphatic carbocycles. The maximum absolute atomic E-state index is 13.6. The molecule has 6 aromatic carbocycles. The molecule has 6 aliphatic rings. The second-order valence-corrected chi connectivity index (χ2v) is 28.9. The van der Waals surface area contributed by atoms with Gasteiger partial charge in [0, 0.05) is 0 Å². The van der Waals surface area contributed by atoms with Gasteiger partial charge in [-0.25, -0.2) is 16.8 Å². The molecule has 5 fully saturated rings. The lowest BCUT2D eigenvalue weighted by Gasteiger charge is -2.60. The van der Waals surface area contributed by atoms with Crippen molar-refractivity contribution in [2.75, 3.05) is 0 Å². The van der Waals surface area contributed by atoms with Crippen molar-refractivity contribution in [1.82, 2.24) is 0 Å². The lowest BCUT2D eigenvalue weighted by atomic mass is 9.44. The van der Waals surface area contributed by atoms with Gasteiger partial charge in [0.15, 0.2) is 51.3 Å². The number of carbonyl (C=O) groups is 2. The number of hydrogen-bond acceptors (Lipinski definition) is 11. The lowest BCUT2D eigenvalue weighted by Crippen LogP contribution is -2.58. The maximum atomic E-state index is 13.6. The summed E-state index contributed by atoms with van der Waals surface area (Å²) in [5, 5.41) is -11.6. The Morgan fingerprint density at radius 3 is 1.30 bits per heavy atom. The van der Waals surface area contributed by atoms with Crippen LogP contribution in [0.1, 0.15) is 77.6 Å². The van der Waals surface area contributed by atoms with Crippen LogP contribution in [0.15, 0.2) is 199 Å². The Balaban J connectivity index is 0.000000150. The molecule has 5 saturated carbocycles. The van der Waals surface area contributed by atoms with Crippen LogP contribution in [0.25, 0.3) is 0 Å². The van der Waals surface area contributed by atoms with E-state index in [0.29, 0.717) is 12.8 Å². The van der Waals surface area contributed by atoms with Crippen LogP contribution in [0.4, 0.5) is 43.9 Å². The summed E-state index contributed by atoms with van der Waals surface area (Å²) in [5.74, 6) is -1.92. The van der Waals surface area contributed by atoms with Crippen molar-refractivity contribution in [2.24, 2.45) is 28.6 Å². The number of ether oxygens (including phenoxy) is 3. The Morgan fingerprint density at radius 2 is 0.919 bits per heavy atom.